The molecule has 0 aliphatic carbocycles. The van der Waals surface area contributed by atoms with Crippen LogP contribution in [0.25, 0.3) is 5.69 Å². The molecular formula is C19H19F3N2O3. The van der Waals surface area contributed by atoms with Gasteiger partial charge in [-0.1, -0.05) is 6.07 Å². The van der Waals surface area contributed by atoms with E-state index in [2.05, 4.69) is 0 Å². The number of carbonyl (C=O) groups excluding carboxylic acids is 1. The Labute approximate surface area is 154 Å². The summed E-state index contributed by atoms with van der Waals surface area (Å²) in [5.74, 6) is -0.294. The number of aromatic nitrogens is 1. The van der Waals surface area contributed by atoms with Gasteiger partial charge in [-0.3, -0.25) is 14.2 Å². The van der Waals surface area contributed by atoms with Crippen molar-refractivity contribution >= 4 is 5.91 Å². The number of alkyl halides is 3. The first kappa shape index (κ1) is 19.2. The van der Waals surface area contributed by atoms with Crippen molar-refractivity contribution in [3.05, 3.63) is 64.1 Å². The Kier molecular flexibility index (Phi) is 5.10. The Hall–Kier alpha value is -2.61. The minimum atomic E-state index is -4.52. The van der Waals surface area contributed by atoms with Gasteiger partial charge in [0.1, 0.15) is 0 Å². The van der Waals surface area contributed by atoms with Crippen LogP contribution < -0.4 is 5.56 Å². The summed E-state index contributed by atoms with van der Waals surface area (Å²) in [5.41, 5.74) is -1.10. The molecule has 2 atom stereocenters. The number of rotatable bonds is 2. The van der Waals surface area contributed by atoms with Gasteiger partial charge in [0, 0.05) is 31.0 Å². The van der Waals surface area contributed by atoms with Gasteiger partial charge >= 0.3 is 6.18 Å². The molecule has 27 heavy (non-hydrogen) atoms. The molecule has 8 heteroatoms. The number of morpholine rings is 1. The van der Waals surface area contributed by atoms with E-state index in [0.29, 0.717) is 13.1 Å². The lowest BCUT2D eigenvalue weighted by Gasteiger charge is -2.35. The lowest BCUT2D eigenvalue weighted by Crippen LogP contribution is -2.48. The molecule has 0 radical (unpaired) electrons. The number of carbonyl (C=O) groups is 1. The average molecular weight is 380 g/mol. The molecule has 144 valence electrons. The molecule has 0 bridgehead atoms. The zero-order valence-corrected chi connectivity index (χ0v) is 14.9. The van der Waals surface area contributed by atoms with Crippen LogP contribution >= 0.6 is 0 Å². The topological polar surface area (TPSA) is 51.5 Å². The Bertz CT molecular complexity index is 898. The van der Waals surface area contributed by atoms with E-state index >= 15 is 0 Å². The predicted molar refractivity (Wildman–Crippen MR) is 93.0 cm³/mol. The van der Waals surface area contributed by atoms with Crippen LogP contribution in [-0.4, -0.2) is 40.7 Å². The fraction of sp³-hybridized carbons (Fsp3) is 0.368. The van der Waals surface area contributed by atoms with Crippen LogP contribution in [-0.2, 0) is 10.9 Å². The van der Waals surface area contributed by atoms with Crippen molar-refractivity contribution in [1.82, 2.24) is 9.47 Å². The molecule has 5 nitrogen and oxygen atoms in total. The summed E-state index contributed by atoms with van der Waals surface area (Å²) in [6, 6.07) is 7.00. The Morgan fingerprint density at radius 3 is 2.41 bits per heavy atom. The van der Waals surface area contributed by atoms with E-state index < -0.39 is 17.3 Å². The fourth-order valence-electron chi connectivity index (χ4n) is 3.17. The third-order valence-electron chi connectivity index (χ3n) is 4.32. The first-order chi connectivity index (χ1) is 12.6. The maximum atomic E-state index is 12.9. The van der Waals surface area contributed by atoms with Crippen LogP contribution in [0.15, 0.2) is 47.4 Å². The van der Waals surface area contributed by atoms with Crippen molar-refractivity contribution in [2.75, 3.05) is 13.1 Å². The van der Waals surface area contributed by atoms with Crippen molar-refractivity contribution in [3.63, 3.8) is 0 Å². The van der Waals surface area contributed by atoms with Crippen molar-refractivity contribution in [2.45, 2.75) is 32.2 Å². The van der Waals surface area contributed by atoms with Gasteiger partial charge in [-0.2, -0.15) is 13.2 Å². The molecule has 2 heterocycles. The summed E-state index contributed by atoms with van der Waals surface area (Å²) < 4.78 is 45.5. The summed E-state index contributed by atoms with van der Waals surface area (Å²) in [6.45, 7) is 4.54. The molecule has 2 aromatic rings. The maximum absolute atomic E-state index is 12.9. The van der Waals surface area contributed by atoms with Gasteiger partial charge in [-0.25, -0.2) is 0 Å². The number of halogens is 3. The van der Waals surface area contributed by atoms with Gasteiger partial charge in [-0.15, -0.1) is 0 Å². The number of hydrogen-bond donors (Lipinski definition) is 0. The number of pyridine rings is 1. The number of hydrogen-bond acceptors (Lipinski definition) is 3. The molecule has 0 N–H and O–H groups in total. The Balaban J connectivity index is 1.96. The van der Waals surface area contributed by atoms with Gasteiger partial charge in [0.25, 0.3) is 11.5 Å². The zero-order valence-electron chi connectivity index (χ0n) is 14.9. The molecule has 1 aromatic heterocycles. The molecule has 3 rings (SSSR count). The van der Waals surface area contributed by atoms with Crippen molar-refractivity contribution in [1.29, 1.82) is 0 Å². The van der Waals surface area contributed by atoms with Crippen LogP contribution in [0.5, 0.6) is 0 Å². The molecule has 0 saturated carbocycles. The third-order valence-corrected chi connectivity index (χ3v) is 4.32. The number of benzene rings is 1. The highest BCUT2D eigenvalue weighted by molar-refractivity contribution is 5.94. The van der Waals surface area contributed by atoms with Crippen LogP contribution in [0.4, 0.5) is 13.2 Å². The highest BCUT2D eigenvalue weighted by Gasteiger charge is 2.31. The van der Waals surface area contributed by atoms with Gasteiger partial charge in [0.2, 0.25) is 0 Å². The molecule has 1 saturated heterocycles. The van der Waals surface area contributed by atoms with Gasteiger partial charge in [0.15, 0.2) is 0 Å². The summed E-state index contributed by atoms with van der Waals surface area (Å²) >= 11 is 0. The van der Waals surface area contributed by atoms with E-state index in [0.717, 1.165) is 16.7 Å². The molecule has 1 aliphatic heterocycles. The van der Waals surface area contributed by atoms with E-state index in [9.17, 15) is 22.8 Å². The third kappa shape index (κ3) is 4.21. The molecule has 1 fully saturated rings. The number of ether oxygens (including phenoxy) is 1. The quantitative estimate of drug-likeness (QED) is 0.805. The first-order valence-corrected chi connectivity index (χ1v) is 8.50. The fourth-order valence-corrected chi connectivity index (χ4v) is 3.17. The van der Waals surface area contributed by atoms with E-state index in [4.69, 9.17) is 4.74 Å². The molecule has 2 unspecified atom stereocenters. The van der Waals surface area contributed by atoms with E-state index in [1.165, 1.54) is 30.5 Å². The lowest BCUT2D eigenvalue weighted by atomic mass is 10.1. The summed E-state index contributed by atoms with van der Waals surface area (Å²) in [6.07, 6.45) is -3.47. The van der Waals surface area contributed by atoms with Gasteiger partial charge in [0.05, 0.1) is 23.3 Å². The second-order valence-electron chi connectivity index (χ2n) is 6.64. The van der Waals surface area contributed by atoms with Crippen molar-refractivity contribution in [3.8, 4) is 5.69 Å². The minimum absolute atomic E-state index is 0.0492. The van der Waals surface area contributed by atoms with E-state index in [1.807, 2.05) is 13.8 Å². The standard InChI is InChI=1S/C19H19F3N2O3/c1-12-9-23(10-13(2)27-12)18(26)14-6-7-17(25)24(11-14)16-5-3-4-15(8-16)19(20,21)22/h3-8,11-13H,9-10H2,1-2H3. The smallest absolute Gasteiger partial charge is 0.372 e. The summed E-state index contributed by atoms with van der Waals surface area (Å²) in [7, 11) is 0. The molecule has 1 amide bonds. The Morgan fingerprint density at radius 2 is 1.78 bits per heavy atom. The van der Waals surface area contributed by atoms with Crippen LogP contribution in [0, 0.1) is 0 Å². The van der Waals surface area contributed by atoms with Crippen molar-refractivity contribution < 1.29 is 22.7 Å². The van der Waals surface area contributed by atoms with Crippen LogP contribution in [0.3, 0.4) is 0 Å². The highest BCUT2D eigenvalue weighted by Crippen LogP contribution is 2.30. The molecular weight excluding hydrogens is 361 g/mol. The van der Waals surface area contributed by atoms with Crippen molar-refractivity contribution in [2.24, 2.45) is 0 Å². The number of amides is 1. The number of nitrogens with zero attached hydrogens (tertiary/aromatic N) is 2. The normalized spacial score (nSPS) is 20.6. The monoisotopic (exact) mass is 380 g/mol. The average Bonchev–Trinajstić information content (AvgIpc) is 2.60. The largest absolute Gasteiger partial charge is 0.416 e. The lowest BCUT2D eigenvalue weighted by molar-refractivity contribution is -0.137. The van der Waals surface area contributed by atoms with Crippen LogP contribution in [0.1, 0.15) is 29.8 Å². The zero-order chi connectivity index (χ0) is 19.8. The predicted octanol–water partition coefficient (Wildman–Crippen LogP) is 3.11. The SMILES string of the molecule is CC1CN(C(=O)c2ccc(=O)n(-c3cccc(C(F)(F)F)c3)c2)CC(C)O1. The molecule has 1 aromatic carbocycles. The summed E-state index contributed by atoms with van der Waals surface area (Å²) in [5, 5.41) is 0. The van der Waals surface area contributed by atoms with Crippen LogP contribution in [0.2, 0.25) is 0 Å². The highest BCUT2D eigenvalue weighted by atomic mass is 19.4. The summed E-state index contributed by atoms with van der Waals surface area (Å²) in [4.78, 5) is 26.6. The molecule has 1 aliphatic rings. The second-order valence-corrected chi connectivity index (χ2v) is 6.64. The second kappa shape index (κ2) is 7.19. The van der Waals surface area contributed by atoms with E-state index in [1.54, 1.807) is 4.90 Å². The van der Waals surface area contributed by atoms with Gasteiger partial charge < -0.3 is 9.64 Å². The first-order valence-electron chi connectivity index (χ1n) is 8.50. The molecule has 0 spiro atoms. The minimum Gasteiger partial charge on any atom is -0.372 e. The Morgan fingerprint density at radius 1 is 1.11 bits per heavy atom. The van der Waals surface area contributed by atoms with E-state index in [-0.39, 0.29) is 29.4 Å². The van der Waals surface area contributed by atoms with Gasteiger partial charge in [-0.05, 0) is 38.1 Å². The maximum Gasteiger partial charge on any atom is 0.416 e.